The van der Waals surface area contributed by atoms with Crippen molar-refractivity contribution in [3.63, 3.8) is 0 Å². The molecule has 0 fully saturated rings. The fourth-order valence-electron chi connectivity index (χ4n) is 0.762. The maximum absolute atomic E-state index is 11.7. The van der Waals surface area contributed by atoms with Crippen molar-refractivity contribution in [3.8, 4) is 11.6 Å². The molecule has 7 heteroatoms. The minimum atomic E-state index is -4.87. The molecule has 1 rings (SSSR count). The lowest BCUT2D eigenvalue weighted by molar-refractivity contribution is -0.275. The van der Waals surface area contributed by atoms with Gasteiger partial charge >= 0.3 is 6.36 Å². The first-order valence-corrected chi connectivity index (χ1v) is 3.45. The van der Waals surface area contributed by atoms with Gasteiger partial charge in [0.15, 0.2) is 11.6 Å². The van der Waals surface area contributed by atoms with E-state index in [1.165, 1.54) is 7.11 Å². The van der Waals surface area contributed by atoms with Crippen LogP contribution in [0.5, 0.6) is 11.6 Å². The fourth-order valence-corrected chi connectivity index (χ4v) is 0.762. The summed E-state index contributed by atoms with van der Waals surface area (Å²) in [4.78, 5) is 13.3. The Morgan fingerprint density at radius 1 is 1.43 bits per heavy atom. The van der Waals surface area contributed by atoms with Crippen LogP contribution in [0, 0.1) is 0 Å². The lowest BCUT2D eigenvalue weighted by Gasteiger charge is -2.07. The Bertz CT molecular complexity index is 371. The van der Waals surface area contributed by atoms with E-state index in [1.807, 2.05) is 0 Å². The molecule has 1 heterocycles. The zero-order valence-electron chi connectivity index (χ0n) is 7.01. The van der Waals surface area contributed by atoms with Gasteiger partial charge in [0.1, 0.15) is 0 Å². The molecule has 0 aliphatic heterocycles. The molecule has 0 amide bonds. The zero-order chi connectivity index (χ0) is 10.8. The van der Waals surface area contributed by atoms with Crippen LogP contribution in [0.15, 0.2) is 17.1 Å². The molecule has 0 atom stereocenters. The van der Waals surface area contributed by atoms with Crippen LogP contribution in [-0.4, -0.2) is 18.5 Å². The number of pyridine rings is 1. The van der Waals surface area contributed by atoms with E-state index in [2.05, 4.69) is 14.5 Å². The van der Waals surface area contributed by atoms with Crippen molar-refractivity contribution >= 4 is 0 Å². The van der Waals surface area contributed by atoms with E-state index in [9.17, 15) is 18.0 Å². The third kappa shape index (κ3) is 2.68. The first kappa shape index (κ1) is 10.4. The molecular formula is C7H6F3NO3. The van der Waals surface area contributed by atoms with E-state index >= 15 is 0 Å². The molecule has 78 valence electrons. The normalized spacial score (nSPS) is 11.1. The number of methoxy groups -OCH3 is 1. The molecule has 0 aliphatic rings. The van der Waals surface area contributed by atoms with Gasteiger partial charge in [-0.1, -0.05) is 0 Å². The lowest BCUT2D eigenvalue weighted by atomic mass is 10.4. The molecule has 0 spiro atoms. The standard InChI is InChI=1S/C7H6F3NO3/c1-13-6-2-4(12)5(3-11-6)14-7(8,9)10/h2-3H,1H3,(H,11,12). The van der Waals surface area contributed by atoms with Gasteiger partial charge in [-0.2, -0.15) is 0 Å². The highest BCUT2D eigenvalue weighted by molar-refractivity contribution is 5.23. The van der Waals surface area contributed by atoms with E-state index in [4.69, 9.17) is 0 Å². The number of ether oxygens (including phenoxy) is 2. The molecule has 0 aliphatic carbocycles. The molecule has 0 radical (unpaired) electrons. The number of H-pyrrole nitrogens is 1. The van der Waals surface area contributed by atoms with Crippen LogP contribution < -0.4 is 14.9 Å². The van der Waals surface area contributed by atoms with Gasteiger partial charge < -0.3 is 14.5 Å². The van der Waals surface area contributed by atoms with Crippen LogP contribution in [0.2, 0.25) is 0 Å². The second-order valence-corrected chi connectivity index (χ2v) is 2.28. The summed E-state index contributed by atoms with van der Waals surface area (Å²) in [5.41, 5.74) is -0.905. The van der Waals surface area contributed by atoms with Gasteiger partial charge in [-0.3, -0.25) is 4.79 Å². The van der Waals surface area contributed by atoms with Crippen LogP contribution in [0.4, 0.5) is 13.2 Å². The van der Waals surface area contributed by atoms with E-state index in [1.54, 1.807) is 0 Å². The summed E-state index contributed by atoms with van der Waals surface area (Å²) in [6.45, 7) is 0. The van der Waals surface area contributed by atoms with Crippen LogP contribution in [-0.2, 0) is 0 Å². The van der Waals surface area contributed by atoms with Crippen molar-refractivity contribution in [2.75, 3.05) is 7.11 Å². The molecular weight excluding hydrogens is 203 g/mol. The third-order valence-electron chi connectivity index (χ3n) is 1.30. The molecule has 0 bridgehead atoms. The SMILES string of the molecule is COc1cc(=O)c(OC(F)(F)F)c[nH]1. The minimum absolute atomic E-state index is 0.0597. The van der Waals surface area contributed by atoms with Gasteiger partial charge in [0, 0.05) is 6.07 Å². The molecule has 0 saturated carbocycles. The summed E-state index contributed by atoms with van der Waals surface area (Å²) in [7, 11) is 1.27. The summed E-state index contributed by atoms with van der Waals surface area (Å²) >= 11 is 0. The summed E-state index contributed by atoms with van der Waals surface area (Å²) < 4.78 is 43.1. The summed E-state index contributed by atoms with van der Waals surface area (Å²) in [6.07, 6.45) is -4.09. The molecule has 0 unspecified atom stereocenters. The van der Waals surface area contributed by atoms with E-state index < -0.39 is 17.5 Å². The number of nitrogens with one attached hydrogen (secondary N) is 1. The Hall–Kier alpha value is -1.66. The topological polar surface area (TPSA) is 51.3 Å². The Morgan fingerprint density at radius 3 is 2.50 bits per heavy atom. The van der Waals surface area contributed by atoms with Crippen molar-refractivity contribution < 1.29 is 22.6 Å². The second-order valence-electron chi connectivity index (χ2n) is 2.28. The number of alkyl halides is 3. The smallest absolute Gasteiger partial charge is 0.482 e. The number of aromatic amines is 1. The second kappa shape index (κ2) is 3.60. The van der Waals surface area contributed by atoms with E-state index in [-0.39, 0.29) is 5.88 Å². The predicted molar refractivity (Wildman–Crippen MR) is 40.3 cm³/mol. The van der Waals surface area contributed by atoms with Crippen molar-refractivity contribution in [1.29, 1.82) is 0 Å². The van der Waals surface area contributed by atoms with Crippen LogP contribution in [0.1, 0.15) is 0 Å². The highest BCUT2D eigenvalue weighted by atomic mass is 19.4. The number of rotatable bonds is 2. The monoisotopic (exact) mass is 209 g/mol. The highest BCUT2D eigenvalue weighted by Crippen LogP contribution is 2.19. The lowest BCUT2D eigenvalue weighted by Crippen LogP contribution is -2.21. The fraction of sp³-hybridized carbons (Fsp3) is 0.286. The van der Waals surface area contributed by atoms with Gasteiger partial charge in [0.25, 0.3) is 0 Å². The first-order valence-electron chi connectivity index (χ1n) is 3.45. The van der Waals surface area contributed by atoms with Crippen LogP contribution in [0.3, 0.4) is 0 Å². The Morgan fingerprint density at radius 2 is 2.07 bits per heavy atom. The van der Waals surface area contributed by atoms with Gasteiger partial charge in [0.05, 0.1) is 13.3 Å². The summed E-state index contributed by atoms with van der Waals surface area (Å²) in [5.74, 6) is -0.761. The molecule has 0 aromatic carbocycles. The average Bonchev–Trinajstić information content (AvgIpc) is 2.06. The van der Waals surface area contributed by atoms with E-state index in [0.29, 0.717) is 0 Å². The number of hydrogen-bond acceptors (Lipinski definition) is 3. The summed E-state index contributed by atoms with van der Waals surface area (Å²) in [5, 5.41) is 0. The van der Waals surface area contributed by atoms with Crippen LogP contribution >= 0.6 is 0 Å². The molecule has 0 saturated heterocycles. The Kier molecular flexibility index (Phi) is 2.68. The molecule has 1 aromatic rings. The van der Waals surface area contributed by atoms with E-state index in [0.717, 1.165) is 12.3 Å². The molecule has 14 heavy (non-hydrogen) atoms. The highest BCUT2D eigenvalue weighted by Gasteiger charge is 2.32. The Labute approximate surface area is 76.3 Å². The maximum atomic E-state index is 11.7. The average molecular weight is 209 g/mol. The van der Waals surface area contributed by atoms with Gasteiger partial charge in [-0.15, -0.1) is 13.2 Å². The Balaban J connectivity index is 2.96. The molecule has 1 aromatic heterocycles. The molecule has 1 N–H and O–H groups in total. The van der Waals surface area contributed by atoms with Gasteiger partial charge in [-0.25, -0.2) is 0 Å². The van der Waals surface area contributed by atoms with Crippen molar-refractivity contribution in [2.45, 2.75) is 6.36 Å². The maximum Gasteiger partial charge on any atom is 0.573 e. The van der Waals surface area contributed by atoms with Crippen molar-refractivity contribution in [3.05, 3.63) is 22.5 Å². The largest absolute Gasteiger partial charge is 0.573 e. The van der Waals surface area contributed by atoms with Crippen LogP contribution in [0.25, 0.3) is 0 Å². The predicted octanol–water partition coefficient (Wildman–Crippen LogP) is 1.28. The first-order chi connectivity index (χ1) is 6.42. The van der Waals surface area contributed by atoms with Gasteiger partial charge in [0.2, 0.25) is 5.43 Å². The van der Waals surface area contributed by atoms with Gasteiger partial charge in [-0.05, 0) is 0 Å². The zero-order valence-corrected chi connectivity index (χ0v) is 7.01. The van der Waals surface area contributed by atoms with Crippen molar-refractivity contribution in [1.82, 2.24) is 4.98 Å². The number of hydrogen-bond donors (Lipinski definition) is 1. The molecule has 4 nitrogen and oxygen atoms in total. The number of aromatic nitrogens is 1. The number of halogens is 3. The van der Waals surface area contributed by atoms with Crippen molar-refractivity contribution in [2.24, 2.45) is 0 Å². The minimum Gasteiger partial charge on any atom is -0.482 e. The quantitative estimate of drug-likeness (QED) is 0.798. The summed E-state index contributed by atoms with van der Waals surface area (Å²) in [6, 6.07) is 0.862. The third-order valence-corrected chi connectivity index (χ3v) is 1.30.